The molecule has 0 bridgehead atoms. The number of aromatic nitrogens is 2. The molecule has 1 N–H and O–H groups in total. The first-order valence-corrected chi connectivity index (χ1v) is 19.0. The lowest BCUT2D eigenvalue weighted by Crippen LogP contribution is -2.40. The van der Waals surface area contributed by atoms with E-state index in [1.807, 2.05) is 48.5 Å². The monoisotopic (exact) mass is 683 g/mol. The number of carbonyl (C=O) groups is 1. The zero-order chi connectivity index (χ0) is 34.7. The largest absolute Gasteiger partial charge is 0.467 e. The van der Waals surface area contributed by atoms with Crippen molar-refractivity contribution in [2.75, 3.05) is 19.9 Å². The van der Waals surface area contributed by atoms with Gasteiger partial charge < -0.3 is 19.1 Å². The van der Waals surface area contributed by atoms with Crippen LogP contribution in [0.2, 0.25) is 0 Å². The third-order valence-electron chi connectivity index (χ3n) is 9.87. The molecule has 7 nitrogen and oxygen atoms in total. The second-order valence-electron chi connectivity index (χ2n) is 12.7. The molecule has 252 valence electrons. The van der Waals surface area contributed by atoms with Gasteiger partial charge in [0.15, 0.2) is 5.60 Å². The van der Waals surface area contributed by atoms with Crippen LogP contribution in [0.25, 0.3) is 22.3 Å². The summed E-state index contributed by atoms with van der Waals surface area (Å²) in [6, 6.07) is 43.7. The Kier molecular flexibility index (Phi) is 9.48. The first-order valence-electron chi connectivity index (χ1n) is 17.0. The summed E-state index contributed by atoms with van der Waals surface area (Å²) in [7, 11) is -0.810. The van der Waals surface area contributed by atoms with Crippen LogP contribution < -0.4 is 21.5 Å². The highest BCUT2D eigenvalue weighted by Crippen LogP contribution is 2.55. The van der Waals surface area contributed by atoms with Crippen molar-refractivity contribution in [2.24, 2.45) is 0 Å². The highest BCUT2D eigenvalue weighted by atomic mass is 31.2. The summed E-state index contributed by atoms with van der Waals surface area (Å²) in [4.78, 5) is 32.3. The summed E-state index contributed by atoms with van der Waals surface area (Å²) in [6.45, 7) is 2.36. The molecule has 0 radical (unpaired) electrons. The maximum atomic E-state index is 14.3. The van der Waals surface area contributed by atoms with Crippen LogP contribution in [0.15, 0.2) is 132 Å². The van der Waals surface area contributed by atoms with E-state index in [1.165, 1.54) is 23.0 Å². The standard InChI is InChI=1S/C42H40N2O5P/c1-3-42(47,41(46)48-2)36-27-38-39-31(26-30-16-13-14-23-37(30)43-39)28-44(38)40(45)35(36)29-49-24-15-25-50(32-17-7-4-8-18-32,33-19-9-5-10-20-33)34-21-11-6-12-22-34/h4-14,16-23,26-27,47H,3,15,24-25,28-29H2,1-2H3/q+1. The van der Waals surface area contributed by atoms with E-state index in [2.05, 4.69) is 72.8 Å². The Labute approximate surface area is 292 Å². The number of nitrogens with zero attached hydrogens (tertiary/aromatic N) is 2. The van der Waals surface area contributed by atoms with Crippen LogP contribution in [0.5, 0.6) is 0 Å². The van der Waals surface area contributed by atoms with Gasteiger partial charge >= 0.3 is 5.97 Å². The van der Waals surface area contributed by atoms with Gasteiger partial charge in [0.1, 0.15) is 23.2 Å². The fraction of sp³-hybridized carbons (Fsp3) is 0.214. The number of aliphatic hydroxyl groups is 1. The number of para-hydroxylation sites is 1. The molecule has 1 atom stereocenters. The van der Waals surface area contributed by atoms with Crippen molar-refractivity contribution in [3.8, 4) is 11.4 Å². The molecular weight excluding hydrogens is 643 g/mol. The molecule has 3 heterocycles. The molecule has 1 unspecified atom stereocenters. The Morgan fingerprint density at radius 1 is 0.860 bits per heavy atom. The molecule has 1 aliphatic rings. The third-order valence-corrected chi connectivity index (χ3v) is 14.4. The van der Waals surface area contributed by atoms with Crippen molar-refractivity contribution in [2.45, 2.75) is 38.5 Å². The molecule has 0 spiro atoms. The van der Waals surface area contributed by atoms with Crippen LogP contribution in [0.3, 0.4) is 0 Å². The summed E-state index contributed by atoms with van der Waals surface area (Å²) in [5.41, 5.74) is 1.05. The molecule has 6 aromatic rings. The second-order valence-corrected chi connectivity index (χ2v) is 16.3. The Morgan fingerprint density at radius 3 is 2.02 bits per heavy atom. The minimum Gasteiger partial charge on any atom is -0.467 e. The van der Waals surface area contributed by atoms with E-state index in [0.717, 1.165) is 29.0 Å². The zero-order valence-corrected chi connectivity index (χ0v) is 29.2. The molecule has 0 saturated heterocycles. The predicted molar refractivity (Wildman–Crippen MR) is 201 cm³/mol. The van der Waals surface area contributed by atoms with Gasteiger partial charge in [0.25, 0.3) is 5.56 Å². The number of hydrogen-bond acceptors (Lipinski definition) is 6. The number of carbonyl (C=O) groups excluding carboxylic acids is 1. The van der Waals surface area contributed by atoms with Crippen LogP contribution in [0.4, 0.5) is 0 Å². The van der Waals surface area contributed by atoms with E-state index in [0.29, 0.717) is 24.5 Å². The van der Waals surface area contributed by atoms with E-state index in [1.54, 1.807) is 17.6 Å². The molecule has 0 aliphatic carbocycles. The first-order chi connectivity index (χ1) is 24.4. The lowest BCUT2D eigenvalue weighted by atomic mass is 9.87. The number of methoxy groups -OCH3 is 1. The highest BCUT2D eigenvalue weighted by molar-refractivity contribution is 7.95. The molecule has 0 fully saturated rings. The van der Waals surface area contributed by atoms with Crippen molar-refractivity contribution in [1.29, 1.82) is 0 Å². The van der Waals surface area contributed by atoms with Crippen molar-refractivity contribution in [1.82, 2.24) is 9.55 Å². The van der Waals surface area contributed by atoms with E-state index >= 15 is 0 Å². The van der Waals surface area contributed by atoms with Crippen LogP contribution >= 0.6 is 7.26 Å². The van der Waals surface area contributed by atoms with Gasteiger partial charge in [-0.05, 0) is 61.0 Å². The third kappa shape index (κ3) is 5.86. The van der Waals surface area contributed by atoms with Gasteiger partial charge in [0.05, 0.1) is 49.9 Å². The number of esters is 1. The van der Waals surface area contributed by atoms with Gasteiger partial charge in [-0.15, -0.1) is 0 Å². The van der Waals surface area contributed by atoms with Crippen LogP contribution in [0.1, 0.15) is 36.5 Å². The number of benzene rings is 4. The van der Waals surface area contributed by atoms with E-state index in [9.17, 15) is 14.7 Å². The van der Waals surface area contributed by atoms with Gasteiger partial charge in [0.2, 0.25) is 0 Å². The van der Waals surface area contributed by atoms with Gasteiger partial charge in [0, 0.05) is 28.5 Å². The fourth-order valence-electron chi connectivity index (χ4n) is 7.30. The van der Waals surface area contributed by atoms with Crippen molar-refractivity contribution in [3.05, 3.63) is 154 Å². The predicted octanol–water partition coefficient (Wildman–Crippen LogP) is 6.10. The molecule has 50 heavy (non-hydrogen) atoms. The maximum Gasteiger partial charge on any atom is 0.342 e. The number of fused-ring (bicyclic) bond motifs is 4. The van der Waals surface area contributed by atoms with Crippen LogP contribution in [-0.4, -0.2) is 40.5 Å². The van der Waals surface area contributed by atoms with Gasteiger partial charge in [-0.3, -0.25) is 4.79 Å². The van der Waals surface area contributed by atoms with Crippen molar-refractivity contribution < 1.29 is 19.4 Å². The molecule has 8 heteroatoms. The molecular formula is C42H40N2O5P+. The smallest absolute Gasteiger partial charge is 0.342 e. The molecule has 4 aromatic carbocycles. The van der Waals surface area contributed by atoms with E-state index < -0.39 is 18.8 Å². The Balaban J connectivity index is 1.22. The summed E-state index contributed by atoms with van der Waals surface area (Å²) < 4.78 is 13.1. The summed E-state index contributed by atoms with van der Waals surface area (Å²) >= 11 is 0. The number of ether oxygens (including phenoxy) is 2. The van der Waals surface area contributed by atoms with Gasteiger partial charge in [-0.25, -0.2) is 9.78 Å². The lowest BCUT2D eigenvalue weighted by molar-refractivity contribution is -0.164. The van der Waals surface area contributed by atoms with Crippen molar-refractivity contribution >= 4 is 40.0 Å². The lowest BCUT2D eigenvalue weighted by Gasteiger charge is -2.28. The molecule has 2 aromatic heterocycles. The summed E-state index contributed by atoms with van der Waals surface area (Å²) in [6.07, 6.45) is 1.60. The second kappa shape index (κ2) is 14.1. The quantitative estimate of drug-likeness (QED) is 0.0952. The molecule has 1 aliphatic heterocycles. The van der Waals surface area contributed by atoms with Crippen LogP contribution in [-0.2, 0) is 33.0 Å². The number of hydrogen-bond donors (Lipinski definition) is 1. The fourth-order valence-corrected chi connectivity index (χ4v) is 11.6. The normalized spacial score (nSPS) is 13.4. The zero-order valence-electron chi connectivity index (χ0n) is 28.3. The molecule has 0 saturated carbocycles. The Bertz CT molecular complexity index is 2110. The summed E-state index contributed by atoms with van der Waals surface area (Å²) in [5, 5.41) is 16.7. The summed E-state index contributed by atoms with van der Waals surface area (Å²) in [5.74, 6) is -0.821. The first kappa shape index (κ1) is 33.6. The number of pyridine rings is 2. The average Bonchev–Trinajstić information content (AvgIpc) is 3.54. The SMILES string of the molecule is CCC(O)(C(=O)OC)c1cc2n(c(=O)c1COCCC[P+](c1ccccc1)(c1ccccc1)c1ccccc1)Cc1cc3ccccc3nc1-2. The molecule has 0 amide bonds. The Morgan fingerprint density at radius 2 is 1.44 bits per heavy atom. The minimum atomic E-state index is -2.05. The molecule has 7 rings (SSSR count). The minimum absolute atomic E-state index is 0.0196. The van der Waals surface area contributed by atoms with Crippen molar-refractivity contribution in [3.63, 3.8) is 0 Å². The van der Waals surface area contributed by atoms with Gasteiger partial charge in [-0.2, -0.15) is 0 Å². The van der Waals surface area contributed by atoms with Gasteiger partial charge in [-0.1, -0.05) is 79.7 Å². The highest BCUT2D eigenvalue weighted by Gasteiger charge is 2.45. The maximum absolute atomic E-state index is 14.3. The van der Waals surface area contributed by atoms with E-state index in [-0.39, 0.29) is 29.7 Å². The van der Waals surface area contributed by atoms with E-state index in [4.69, 9.17) is 14.5 Å². The average molecular weight is 684 g/mol. The topological polar surface area (TPSA) is 90.7 Å². The number of rotatable bonds is 12. The van der Waals surface area contributed by atoms with Crippen LogP contribution in [0, 0.1) is 0 Å². The Hall–Kier alpha value is -4.94.